The minimum atomic E-state index is -0.0538. The molecule has 18 heavy (non-hydrogen) atoms. The van der Waals surface area contributed by atoms with Crippen molar-refractivity contribution in [2.45, 2.75) is 6.73 Å². The molecule has 0 aromatic carbocycles. The molecule has 0 aliphatic rings. The van der Waals surface area contributed by atoms with Crippen LogP contribution in [0.3, 0.4) is 0 Å². The summed E-state index contributed by atoms with van der Waals surface area (Å²) in [5, 5.41) is 0. The van der Waals surface area contributed by atoms with Gasteiger partial charge in [0.1, 0.15) is 6.73 Å². The first-order chi connectivity index (χ1) is 8.47. The molecule has 0 amide bonds. The molecule has 7 nitrogen and oxygen atoms in total. The van der Waals surface area contributed by atoms with Gasteiger partial charge in [0.15, 0.2) is 0 Å². The highest BCUT2D eigenvalue weighted by molar-refractivity contribution is 4.78. The van der Waals surface area contributed by atoms with E-state index >= 15 is 0 Å². The number of aromatic nitrogens is 4. The van der Waals surface area contributed by atoms with Crippen LogP contribution in [0, 0.1) is 0 Å². The second-order valence-electron chi connectivity index (χ2n) is 3.88. The highest BCUT2D eigenvalue weighted by Crippen LogP contribution is 1.80. The summed E-state index contributed by atoms with van der Waals surface area (Å²) < 4.78 is 10.8. The van der Waals surface area contributed by atoms with Gasteiger partial charge in [0.2, 0.25) is 0 Å². The average molecular weight is 254 g/mol. The smallest absolute Gasteiger partial charge is 0.329 e. The number of imidazole rings is 2. The van der Waals surface area contributed by atoms with Crippen LogP contribution in [-0.4, -0.2) is 25.4 Å². The van der Waals surface area contributed by atoms with Crippen LogP contribution in [0.5, 0.6) is 0 Å². The lowest BCUT2D eigenvalue weighted by Gasteiger charge is -1.95. The molecule has 2 heterocycles. The molecule has 0 atom stereocenters. The van der Waals surface area contributed by atoms with E-state index in [2.05, 4.69) is 0 Å². The van der Waals surface area contributed by atoms with Crippen molar-refractivity contribution in [2.24, 2.45) is 21.1 Å². The molecular formula is C11H18N4O3. The third-order valence-electron chi connectivity index (χ3n) is 2.40. The predicted octanol–water partition coefficient (Wildman–Crippen LogP) is -0.485. The van der Waals surface area contributed by atoms with E-state index in [-0.39, 0.29) is 11.4 Å². The van der Waals surface area contributed by atoms with Crippen molar-refractivity contribution >= 4 is 0 Å². The van der Waals surface area contributed by atoms with Crippen molar-refractivity contribution in [3.05, 3.63) is 45.8 Å². The first-order valence-corrected chi connectivity index (χ1v) is 5.36. The maximum atomic E-state index is 11.0. The third kappa shape index (κ3) is 3.24. The van der Waals surface area contributed by atoms with Gasteiger partial charge in [-0.25, -0.2) is 9.59 Å². The molecule has 0 N–H and O–H groups in total. The number of rotatable bonds is 2. The fourth-order valence-corrected chi connectivity index (χ4v) is 1.32. The van der Waals surface area contributed by atoms with Crippen molar-refractivity contribution in [3.8, 4) is 0 Å². The molecule has 2 aromatic heterocycles. The molecule has 2 aromatic rings. The zero-order chi connectivity index (χ0) is 13.7. The van der Waals surface area contributed by atoms with Gasteiger partial charge >= 0.3 is 11.4 Å². The molecule has 0 bridgehead atoms. The first-order valence-electron chi connectivity index (χ1n) is 5.36. The molecule has 0 fully saturated rings. The maximum Gasteiger partial charge on any atom is 0.329 e. The SMILES string of the molecule is COCn1ccn(C)c1=O.Cn1ccn(C)c1=O. The minimum Gasteiger partial charge on any atom is -0.364 e. The second kappa shape index (κ2) is 6.06. The van der Waals surface area contributed by atoms with Crippen LogP contribution in [0.4, 0.5) is 0 Å². The van der Waals surface area contributed by atoms with Crippen LogP contribution < -0.4 is 11.4 Å². The number of aryl methyl sites for hydroxylation is 3. The van der Waals surface area contributed by atoms with E-state index in [0.29, 0.717) is 6.73 Å². The Labute approximate surface area is 104 Å². The third-order valence-corrected chi connectivity index (χ3v) is 2.40. The van der Waals surface area contributed by atoms with E-state index in [0.717, 1.165) is 0 Å². The van der Waals surface area contributed by atoms with E-state index in [1.165, 1.54) is 18.3 Å². The lowest BCUT2D eigenvalue weighted by molar-refractivity contribution is 0.128. The Morgan fingerprint density at radius 3 is 1.61 bits per heavy atom. The van der Waals surface area contributed by atoms with Gasteiger partial charge in [-0.05, 0) is 0 Å². The Morgan fingerprint density at radius 1 is 0.889 bits per heavy atom. The molecule has 0 saturated heterocycles. The summed E-state index contributed by atoms with van der Waals surface area (Å²) in [6.45, 7) is 0.319. The highest BCUT2D eigenvalue weighted by atomic mass is 16.5. The van der Waals surface area contributed by atoms with Crippen molar-refractivity contribution in [1.82, 2.24) is 18.3 Å². The van der Waals surface area contributed by atoms with Crippen molar-refractivity contribution < 1.29 is 4.74 Å². The topological polar surface area (TPSA) is 63.1 Å². The van der Waals surface area contributed by atoms with Gasteiger partial charge in [-0.15, -0.1) is 0 Å². The first kappa shape index (κ1) is 14.0. The van der Waals surface area contributed by atoms with Gasteiger partial charge < -0.3 is 18.4 Å². The molecule has 0 spiro atoms. The van der Waals surface area contributed by atoms with Crippen LogP contribution in [0.2, 0.25) is 0 Å². The van der Waals surface area contributed by atoms with Gasteiger partial charge in [-0.3, -0.25) is 4.57 Å². The summed E-state index contributed by atoms with van der Waals surface area (Å²) in [4.78, 5) is 21.7. The Bertz CT molecular complexity index is 580. The van der Waals surface area contributed by atoms with Gasteiger partial charge in [0.05, 0.1) is 0 Å². The normalized spacial score (nSPS) is 10.0. The van der Waals surface area contributed by atoms with Crippen LogP contribution in [0.15, 0.2) is 34.4 Å². The Balaban J connectivity index is 0.000000184. The Kier molecular flexibility index (Phi) is 4.73. The largest absolute Gasteiger partial charge is 0.364 e. The molecule has 0 aliphatic heterocycles. The zero-order valence-electron chi connectivity index (χ0n) is 11.0. The van der Waals surface area contributed by atoms with Gasteiger partial charge in [0.25, 0.3) is 0 Å². The monoisotopic (exact) mass is 254 g/mol. The summed E-state index contributed by atoms with van der Waals surface area (Å²) >= 11 is 0. The van der Waals surface area contributed by atoms with Gasteiger partial charge in [-0.1, -0.05) is 0 Å². The van der Waals surface area contributed by atoms with Crippen LogP contribution >= 0.6 is 0 Å². The molecule has 0 unspecified atom stereocenters. The van der Waals surface area contributed by atoms with Crippen LogP contribution in [0.25, 0.3) is 0 Å². The summed E-state index contributed by atoms with van der Waals surface area (Å²) in [5.41, 5.74) is -0.0353. The highest BCUT2D eigenvalue weighted by Gasteiger charge is 1.95. The van der Waals surface area contributed by atoms with Gasteiger partial charge in [0, 0.05) is 53.0 Å². The summed E-state index contributed by atoms with van der Waals surface area (Å²) in [7, 11) is 6.71. The Hall–Kier alpha value is -2.02. The van der Waals surface area contributed by atoms with Gasteiger partial charge in [-0.2, -0.15) is 0 Å². The lowest BCUT2D eigenvalue weighted by Crippen LogP contribution is -2.22. The molecule has 2 rings (SSSR count). The number of nitrogens with zero attached hydrogens (tertiary/aromatic N) is 4. The fraction of sp³-hybridized carbons (Fsp3) is 0.455. The number of methoxy groups -OCH3 is 1. The molecule has 0 saturated carbocycles. The molecular weight excluding hydrogens is 236 g/mol. The van der Waals surface area contributed by atoms with Crippen molar-refractivity contribution in [1.29, 1.82) is 0 Å². The van der Waals surface area contributed by atoms with E-state index in [4.69, 9.17) is 4.74 Å². The number of ether oxygens (including phenoxy) is 1. The Morgan fingerprint density at radius 2 is 1.33 bits per heavy atom. The summed E-state index contributed by atoms with van der Waals surface area (Å²) in [6, 6.07) is 0. The molecule has 0 aliphatic carbocycles. The quantitative estimate of drug-likeness (QED) is 0.727. The summed E-state index contributed by atoms with van der Waals surface area (Å²) in [5.74, 6) is 0. The van der Waals surface area contributed by atoms with E-state index in [1.54, 1.807) is 53.0 Å². The molecule has 0 radical (unpaired) electrons. The maximum absolute atomic E-state index is 11.0. The zero-order valence-corrected chi connectivity index (χ0v) is 11.0. The van der Waals surface area contributed by atoms with Crippen LogP contribution in [-0.2, 0) is 32.6 Å². The number of hydrogen-bond donors (Lipinski definition) is 0. The van der Waals surface area contributed by atoms with E-state index in [9.17, 15) is 9.59 Å². The molecule has 100 valence electrons. The van der Waals surface area contributed by atoms with Crippen molar-refractivity contribution in [2.75, 3.05) is 7.11 Å². The second-order valence-corrected chi connectivity index (χ2v) is 3.88. The van der Waals surface area contributed by atoms with E-state index < -0.39 is 0 Å². The predicted molar refractivity (Wildman–Crippen MR) is 67.3 cm³/mol. The average Bonchev–Trinajstić information content (AvgIpc) is 2.81. The fourth-order valence-electron chi connectivity index (χ4n) is 1.32. The van der Waals surface area contributed by atoms with Crippen molar-refractivity contribution in [3.63, 3.8) is 0 Å². The van der Waals surface area contributed by atoms with E-state index in [1.807, 2.05) is 0 Å². The standard InChI is InChI=1S/C6H10N2O2.C5H8N2O/c1-7-3-4-8(5-10-2)6(7)9;1-6-3-4-7(2)5(6)8/h3-4H,5H2,1-2H3;3-4H,1-2H3. The number of hydrogen-bond acceptors (Lipinski definition) is 3. The summed E-state index contributed by atoms with van der Waals surface area (Å²) in [6.07, 6.45) is 6.83. The minimum absolute atomic E-state index is 0.0185. The lowest BCUT2D eigenvalue weighted by atomic mass is 10.9. The molecule has 7 heteroatoms. The van der Waals surface area contributed by atoms with Crippen LogP contribution in [0.1, 0.15) is 0 Å².